The molecule has 0 aromatic rings. The van der Waals surface area contributed by atoms with Crippen LogP contribution in [0.4, 0.5) is 4.79 Å². The predicted molar refractivity (Wildman–Crippen MR) is 62.4 cm³/mol. The molecule has 1 rings (SSSR count). The summed E-state index contributed by atoms with van der Waals surface area (Å²) in [6.07, 6.45) is 0. The van der Waals surface area contributed by atoms with Crippen molar-refractivity contribution in [1.29, 1.82) is 0 Å². The van der Waals surface area contributed by atoms with Gasteiger partial charge in [0.15, 0.2) is 0 Å². The summed E-state index contributed by atoms with van der Waals surface area (Å²) in [6, 6.07) is -0.205. The van der Waals surface area contributed by atoms with E-state index < -0.39 is 0 Å². The Bertz CT molecular complexity index is 205. The first kappa shape index (κ1) is 13.2. The fourth-order valence-electron chi connectivity index (χ4n) is 1.63. The van der Waals surface area contributed by atoms with E-state index in [9.17, 15) is 4.79 Å². The monoisotopic (exact) mass is 230 g/mol. The maximum Gasteiger partial charge on any atom is 0.314 e. The summed E-state index contributed by atoms with van der Waals surface area (Å²) in [7, 11) is 2.12. The molecule has 94 valence electrons. The maximum absolute atomic E-state index is 11.1. The van der Waals surface area contributed by atoms with Crippen molar-refractivity contribution in [3.05, 3.63) is 0 Å². The quantitative estimate of drug-likeness (QED) is 0.539. The minimum atomic E-state index is -0.205. The van der Waals surface area contributed by atoms with Gasteiger partial charge < -0.3 is 20.6 Å². The van der Waals surface area contributed by atoms with Crippen molar-refractivity contribution in [3.8, 4) is 0 Å². The summed E-state index contributed by atoms with van der Waals surface area (Å²) in [5, 5.41) is 13.8. The van der Waals surface area contributed by atoms with Gasteiger partial charge in [-0.3, -0.25) is 4.90 Å². The van der Waals surface area contributed by atoms with Gasteiger partial charge in [-0.1, -0.05) is 0 Å². The molecular formula is C10H22N4O2. The number of aliphatic hydroxyl groups is 1. The van der Waals surface area contributed by atoms with Crippen LogP contribution < -0.4 is 10.6 Å². The van der Waals surface area contributed by atoms with Crippen LogP contribution in [-0.4, -0.2) is 80.4 Å². The third kappa shape index (κ3) is 5.29. The second-order valence-electron chi connectivity index (χ2n) is 4.05. The van der Waals surface area contributed by atoms with E-state index >= 15 is 0 Å². The Morgan fingerprint density at radius 1 is 1.19 bits per heavy atom. The molecule has 0 bridgehead atoms. The molecule has 0 spiro atoms. The van der Waals surface area contributed by atoms with Crippen LogP contribution in [-0.2, 0) is 0 Å². The van der Waals surface area contributed by atoms with E-state index in [1.54, 1.807) is 0 Å². The van der Waals surface area contributed by atoms with Gasteiger partial charge >= 0.3 is 6.03 Å². The highest BCUT2D eigenvalue weighted by molar-refractivity contribution is 5.73. The molecule has 6 nitrogen and oxygen atoms in total. The molecule has 0 aliphatic carbocycles. The van der Waals surface area contributed by atoms with Crippen LogP contribution in [0.5, 0.6) is 0 Å². The van der Waals surface area contributed by atoms with E-state index in [4.69, 9.17) is 5.11 Å². The molecule has 1 saturated heterocycles. The molecule has 0 unspecified atom stereocenters. The number of nitrogens with zero attached hydrogens (tertiary/aromatic N) is 2. The van der Waals surface area contributed by atoms with Gasteiger partial charge in [0.25, 0.3) is 0 Å². The molecule has 0 saturated carbocycles. The van der Waals surface area contributed by atoms with Crippen LogP contribution in [0.15, 0.2) is 0 Å². The van der Waals surface area contributed by atoms with Gasteiger partial charge in [0.1, 0.15) is 0 Å². The van der Waals surface area contributed by atoms with Crippen LogP contribution in [0.2, 0.25) is 0 Å². The largest absolute Gasteiger partial charge is 0.395 e. The Morgan fingerprint density at radius 2 is 1.81 bits per heavy atom. The Hall–Kier alpha value is -0.850. The lowest BCUT2D eigenvalue weighted by molar-refractivity contribution is 0.155. The maximum atomic E-state index is 11.1. The molecule has 0 aromatic carbocycles. The molecule has 0 radical (unpaired) electrons. The highest BCUT2D eigenvalue weighted by Crippen LogP contribution is 1.97. The molecule has 0 atom stereocenters. The molecule has 1 aliphatic rings. The zero-order valence-electron chi connectivity index (χ0n) is 9.91. The summed E-state index contributed by atoms with van der Waals surface area (Å²) in [4.78, 5) is 15.8. The molecule has 6 heteroatoms. The van der Waals surface area contributed by atoms with Crippen LogP contribution in [0.25, 0.3) is 0 Å². The van der Waals surface area contributed by atoms with E-state index in [0.29, 0.717) is 13.1 Å². The summed E-state index contributed by atoms with van der Waals surface area (Å²) < 4.78 is 0. The highest BCUT2D eigenvalue weighted by atomic mass is 16.3. The number of aliphatic hydroxyl groups excluding tert-OH is 1. The number of likely N-dealkylation sites (N-methyl/N-ethyl adjacent to an activating group) is 1. The standard InChI is InChI=1S/C10H22N4O2/c1-13-5-7-14(8-6-13)4-2-11-10(16)12-3-9-15/h15H,2-9H2,1H3,(H2,11,12,16). The lowest BCUT2D eigenvalue weighted by atomic mass is 10.3. The smallest absolute Gasteiger partial charge is 0.314 e. The molecule has 1 fully saturated rings. The molecule has 0 aromatic heterocycles. The summed E-state index contributed by atoms with van der Waals surface area (Å²) in [5.74, 6) is 0. The normalized spacial score (nSPS) is 18.4. The summed E-state index contributed by atoms with van der Waals surface area (Å²) in [6.45, 7) is 6.15. The average molecular weight is 230 g/mol. The predicted octanol–water partition coefficient (Wildman–Crippen LogP) is -1.47. The van der Waals surface area contributed by atoms with Crippen molar-refractivity contribution in [3.63, 3.8) is 0 Å². The van der Waals surface area contributed by atoms with Gasteiger partial charge in [0.05, 0.1) is 6.61 Å². The molecule has 2 amide bonds. The number of nitrogens with one attached hydrogen (secondary N) is 2. The number of carbonyl (C=O) groups excluding carboxylic acids is 1. The first-order valence-electron chi connectivity index (χ1n) is 5.76. The molecular weight excluding hydrogens is 208 g/mol. The fourth-order valence-corrected chi connectivity index (χ4v) is 1.63. The number of hydrogen-bond donors (Lipinski definition) is 3. The first-order valence-corrected chi connectivity index (χ1v) is 5.76. The molecule has 3 N–H and O–H groups in total. The molecule has 16 heavy (non-hydrogen) atoms. The van der Waals surface area contributed by atoms with E-state index in [-0.39, 0.29) is 12.6 Å². The molecule has 1 heterocycles. The zero-order valence-corrected chi connectivity index (χ0v) is 9.91. The van der Waals surface area contributed by atoms with Gasteiger partial charge in [-0.05, 0) is 7.05 Å². The first-order chi connectivity index (χ1) is 7.72. The second-order valence-corrected chi connectivity index (χ2v) is 4.05. The van der Waals surface area contributed by atoms with Crippen LogP contribution in [0, 0.1) is 0 Å². The molecule has 1 aliphatic heterocycles. The van der Waals surface area contributed by atoms with E-state index in [1.165, 1.54) is 0 Å². The van der Waals surface area contributed by atoms with Crippen molar-refractivity contribution in [2.24, 2.45) is 0 Å². The SMILES string of the molecule is CN1CCN(CCNC(=O)NCCO)CC1. The van der Waals surface area contributed by atoms with Crippen LogP contribution in [0.1, 0.15) is 0 Å². The number of urea groups is 1. The van der Waals surface area contributed by atoms with Gasteiger partial charge in [-0.2, -0.15) is 0 Å². The lowest BCUT2D eigenvalue weighted by Crippen LogP contribution is -2.48. The lowest BCUT2D eigenvalue weighted by Gasteiger charge is -2.32. The Balaban J connectivity index is 2.00. The topological polar surface area (TPSA) is 67.8 Å². The second kappa shape index (κ2) is 7.43. The minimum Gasteiger partial charge on any atom is -0.395 e. The van der Waals surface area contributed by atoms with Crippen molar-refractivity contribution in [1.82, 2.24) is 20.4 Å². The van der Waals surface area contributed by atoms with Crippen LogP contribution >= 0.6 is 0 Å². The summed E-state index contributed by atoms with van der Waals surface area (Å²) in [5.41, 5.74) is 0. The van der Waals surface area contributed by atoms with Crippen molar-refractivity contribution < 1.29 is 9.90 Å². The number of rotatable bonds is 5. The number of piperazine rings is 1. The van der Waals surface area contributed by atoms with Crippen molar-refractivity contribution in [2.45, 2.75) is 0 Å². The van der Waals surface area contributed by atoms with E-state index in [2.05, 4.69) is 27.5 Å². The van der Waals surface area contributed by atoms with Crippen molar-refractivity contribution >= 4 is 6.03 Å². The average Bonchev–Trinajstić information content (AvgIpc) is 2.29. The van der Waals surface area contributed by atoms with Gasteiger partial charge in [0.2, 0.25) is 0 Å². The van der Waals surface area contributed by atoms with Crippen LogP contribution in [0.3, 0.4) is 0 Å². The third-order valence-electron chi connectivity index (χ3n) is 2.71. The highest BCUT2D eigenvalue weighted by Gasteiger charge is 2.12. The number of carbonyl (C=O) groups is 1. The fraction of sp³-hybridized carbons (Fsp3) is 0.900. The van der Waals surface area contributed by atoms with E-state index in [0.717, 1.165) is 32.7 Å². The van der Waals surface area contributed by atoms with Gasteiger partial charge in [-0.25, -0.2) is 4.79 Å². The number of amides is 2. The van der Waals surface area contributed by atoms with Gasteiger partial charge in [-0.15, -0.1) is 0 Å². The zero-order chi connectivity index (χ0) is 11.8. The van der Waals surface area contributed by atoms with E-state index in [1.807, 2.05) is 0 Å². The Morgan fingerprint density at radius 3 is 2.44 bits per heavy atom. The van der Waals surface area contributed by atoms with Gasteiger partial charge in [0, 0.05) is 45.8 Å². The van der Waals surface area contributed by atoms with Crippen molar-refractivity contribution in [2.75, 3.05) is 59.5 Å². The number of hydrogen-bond acceptors (Lipinski definition) is 4. The Kier molecular flexibility index (Phi) is 6.14. The Labute approximate surface area is 96.6 Å². The summed E-state index contributed by atoms with van der Waals surface area (Å²) >= 11 is 0. The third-order valence-corrected chi connectivity index (χ3v) is 2.71. The minimum absolute atomic E-state index is 0.0219.